The highest BCUT2D eigenvalue weighted by Gasteiger charge is 2.33. The van der Waals surface area contributed by atoms with Crippen LogP contribution in [0.5, 0.6) is 5.75 Å². The van der Waals surface area contributed by atoms with Crippen LogP contribution in [0.25, 0.3) is 0 Å². The van der Waals surface area contributed by atoms with E-state index in [-0.39, 0.29) is 5.16 Å². The zero-order valence-corrected chi connectivity index (χ0v) is 18.2. The fourth-order valence-corrected chi connectivity index (χ4v) is 5.62. The lowest BCUT2D eigenvalue weighted by molar-refractivity contribution is 0.444. The van der Waals surface area contributed by atoms with E-state index in [0.717, 1.165) is 37.1 Å². The van der Waals surface area contributed by atoms with Gasteiger partial charge in [0.25, 0.3) is 0 Å². The monoisotopic (exact) mass is 371 g/mol. The van der Waals surface area contributed by atoms with Crippen LogP contribution < -0.4 is 10.2 Å². The van der Waals surface area contributed by atoms with E-state index in [1.54, 1.807) is 0 Å². The Morgan fingerprint density at radius 2 is 1.46 bits per heavy atom. The van der Waals surface area contributed by atoms with Gasteiger partial charge in [0.05, 0.1) is 0 Å². The normalized spacial score (nSPS) is 12.1. The number of anilines is 1. The number of para-hydroxylation sites is 1. The lowest BCUT2D eigenvalue weighted by Gasteiger charge is -2.36. The van der Waals surface area contributed by atoms with Crippen molar-refractivity contribution in [1.82, 2.24) is 0 Å². The lowest BCUT2D eigenvalue weighted by atomic mass is 9.90. The number of hydrogen-bond acceptors (Lipinski definition) is 2. The van der Waals surface area contributed by atoms with Crippen molar-refractivity contribution in [2.24, 2.45) is 0 Å². The van der Waals surface area contributed by atoms with Crippen molar-refractivity contribution in [3.8, 4) is 5.75 Å². The molecule has 142 valence electrons. The molecule has 2 aromatic carbocycles. The summed E-state index contributed by atoms with van der Waals surface area (Å²) in [7, 11) is 0.631. The van der Waals surface area contributed by atoms with Gasteiger partial charge >= 0.3 is 0 Å². The smallest absolute Gasteiger partial charge is 0.122 e. The van der Waals surface area contributed by atoms with Crippen LogP contribution in [0, 0.1) is 13.8 Å². The molecule has 2 aromatic rings. The maximum Gasteiger partial charge on any atom is 0.122 e. The lowest BCUT2D eigenvalue weighted by Crippen LogP contribution is -2.30. The molecule has 0 aliphatic carbocycles. The zero-order chi connectivity index (χ0) is 19.3. The van der Waals surface area contributed by atoms with Gasteiger partial charge in [-0.2, -0.15) is 0 Å². The zero-order valence-electron chi connectivity index (χ0n) is 17.2. The largest absolute Gasteiger partial charge is 0.507 e. The van der Waals surface area contributed by atoms with Crippen LogP contribution in [-0.2, 0) is 5.16 Å². The Kier molecular flexibility index (Phi) is 7.12. The molecule has 0 spiro atoms. The number of nitrogens with zero attached hydrogens (tertiary/aromatic N) is 1. The summed E-state index contributed by atoms with van der Waals surface area (Å²) < 4.78 is 0. The molecular formula is C23H34NOP. The molecule has 1 atom stereocenters. The van der Waals surface area contributed by atoms with Crippen LogP contribution in [0.15, 0.2) is 36.4 Å². The molecule has 0 radical (unpaired) electrons. The molecule has 0 heterocycles. The first-order chi connectivity index (χ1) is 12.4. The minimum Gasteiger partial charge on any atom is -0.507 e. The number of rotatable bonds is 8. The van der Waals surface area contributed by atoms with Crippen molar-refractivity contribution in [2.75, 3.05) is 18.0 Å². The number of aryl methyl sites for hydroxylation is 2. The molecule has 0 aliphatic rings. The Balaban J connectivity index is 2.60. The number of phenolic OH excluding ortho intramolecular Hbond substituents is 1. The molecule has 2 rings (SSSR count). The number of phenols is 1. The summed E-state index contributed by atoms with van der Waals surface area (Å²) in [5, 5.41) is 12.2. The Labute approximate surface area is 161 Å². The van der Waals surface area contributed by atoms with Gasteiger partial charge in [-0.05, 0) is 63.0 Å². The maximum absolute atomic E-state index is 10.8. The third-order valence-electron chi connectivity index (χ3n) is 5.68. The first-order valence-corrected chi connectivity index (χ1v) is 10.9. The van der Waals surface area contributed by atoms with E-state index < -0.39 is 0 Å². The van der Waals surface area contributed by atoms with E-state index in [1.807, 2.05) is 13.0 Å². The van der Waals surface area contributed by atoms with Gasteiger partial charge in [-0.3, -0.25) is 0 Å². The standard InChI is InChI=1S/C23H34NOP/c1-7-23(8-2,19-15-11-13-17(5)21(19)25)26-22-18(6)14-12-16-20(22)24(9-3)10-4/h11-16,25-26H,7-10H2,1-6H3. The Morgan fingerprint density at radius 1 is 0.885 bits per heavy atom. The van der Waals surface area contributed by atoms with E-state index in [4.69, 9.17) is 0 Å². The summed E-state index contributed by atoms with van der Waals surface area (Å²) in [6.07, 6.45) is 2.04. The van der Waals surface area contributed by atoms with Gasteiger partial charge in [0.15, 0.2) is 0 Å². The Hall–Kier alpha value is -1.53. The van der Waals surface area contributed by atoms with Crippen LogP contribution in [0.4, 0.5) is 5.69 Å². The molecular weight excluding hydrogens is 337 g/mol. The Morgan fingerprint density at radius 3 is 2.04 bits per heavy atom. The van der Waals surface area contributed by atoms with Crippen molar-refractivity contribution < 1.29 is 5.11 Å². The topological polar surface area (TPSA) is 23.5 Å². The van der Waals surface area contributed by atoms with Gasteiger partial charge in [-0.15, -0.1) is 0 Å². The molecule has 2 nitrogen and oxygen atoms in total. The average Bonchev–Trinajstić information content (AvgIpc) is 2.65. The first-order valence-electron chi connectivity index (χ1n) is 9.85. The molecule has 0 aromatic heterocycles. The van der Waals surface area contributed by atoms with Crippen LogP contribution in [0.2, 0.25) is 0 Å². The van der Waals surface area contributed by atoms with E-state index in [9.17, 15) is 5.11 Å². The van der Waals surface area contributed by atoms with E-state index in [2.05, 4.69) is 69.9 Å². The summed E-state index contributed by atoms with van der Waals surface area (Å²) in [5.41, 5.74) is 4.78. The van der Waals surface area contributed by atoms with E-state index >= 15 is 0 Å². The minimum absolute atomic E-state index is 0.0237. The molecule has 0 bridgehead atoms. The Bertz CT molecular complexity index is 733. The number of aromatic hydroxyl groups is 1. The van der Waals surface area contributed by atoms with Gasteiger partial charge < -0.3 is 10.0 Å². The summed E-state index contributed by atoms with van der Waals surface area (Å²) >= 11 is 0. The second-order valence-corrected chi connectivity index (χ2v) is 8.73. The van der Waals surface area contributed by atoms with Crippen molar-refractivity contribution in [3.63, 3.8) is 0 Å². The minimum atomic E-state index is -0.0237. The fraction of sp³-hybridized carbons (Fsp3) is 0.478. The van der Waals surface area contributed by atoms with E-state index in [0.29, 0.717) is 14.3 Å². The van der Waals surface area contributed by atoms with Crippen LogP contribution >= 0.6 is 8.58 Å². The van der Waals surface area contributed by atoms with Crippen molar-refractivity contribution in [1.29, 1.82) is 0 Å². The highest BCUT2D eigenvalue weighted by Crippen LogP contribution is 2.51. The molecule has 3 heteroatoms. The predicted octanol–water partition coefficient (Wildman–Crippen LogP) is 5.87. The second kappa shape index (κ2) is 8.91. The highest BCUT2D eigenvalue weighted by atomic mass is 31.1. The summed E-state index contributed by atoms with van der Waals surface area (Å²) in [6, 6.07) is 12.8. The molecule has 0 amide bonds. The summed E-state index contributed by atoms with van der Waals surface area (Å²) in [6.45, 7) is 15.2. The molecule has 0 aliphatic heterocycles. The fourth-order valence-electron chi connectivity index (χ4n) is 3.80. The molecule has 0 saturated carbocycles. The SMILES string of the molecule is CCN(CC)c1cccc(C)c1PC(CC)(CC)c1cccc(C)c1O. The van der Waals surface area contributed by atoms with Crippen LogP contribution in [-0.4, -0.2) is 18.2 Å². The van der Waals surface area contributed by atoms with Gasteiger partial charge in [0, 0.05) is 29.5 Å². The number of benzene rings is 2. The van der Waals surface area contributed by atoms with Gasteiger partial charge in [0.1, 0.15) is 5.75 Å². The van der Waals surface area contributed by atoms with E-state index in [1.165, 1.54) is 16.6 Å². The molecule has 0 fully saturated rings. The first kappa shape index (κ1) is 20.8. The second-order valence-electron chi connectivity index (χ2n) is 7.03. The van der Waals surface area contributed by atoms with Crippen molar-refractivity contribution >= 4 is 19.6 Å². The highest BCUT2D eigenvalue weighted by molar-refractivity contribution is 7.49. The third kappa shape index (κ3) is 3.91. The molecule has 26 heavy (non-hydrogen) atoms. The van der Waals surface area contributed by atoms with Gasteiger partial charge in [0.2, 0.25) is 0 Å². The van der Waals surface area contributed by atoms with Gasteiger partial charge in [-0.1, -0.05) is 52.8 Å². The van der Waals surface area contributed by atoms with Crippen molar-refractivity contribution in [2.45, 2.75) is 59.5 Å². The third-order valence-corrected chi connectivity index (χ3v) is 8.04. The van der Waals surface area contributed by atoms with Gasteiger partial charge in [-0.25, -0.2) is 0 Å². The van der Waals surface area contributed by atoms with Crippen LogP contribution in [0.3, 0.4) is 0 Å². The van der Waals surface area contributed by atoms with Crippen LogP contribution in [0.1, 0.15) is 57.2 Å². The maximum atomic E-state index is 10.8. The summed E-state index contributed by atoms with van der Waals surface area (Å²) in [5.74, 6) is 0.474. The number of hydrogen-bond donors (Lipinski definition) is 1. The molecule has 1 unspecified atom stereocenters. The van der Waals surface area contributed by atoms with Crippen molar-refractivity contribution in [3.05, 3.63) is 53.1 Å². The quantitative estimate of drug-likeness (QED) is 0.586. The molecule has 0 saturated heterocycles. The average molecular weight is 372 g/mol. The molecule has 1 N–H and O–H groups in total. The predicted molar refractivity (Wildman–Crippen MR) is 118 cm³/mol. The summed E-state index contributed by atoms with van der Waals surface area (Å²) in [4.78, 5) is 2.45.